The van der Waals surface area contributed by atoms with Crippen molar-refractivity contribution in [3.63, 3.8) is 0 Å². The van der Waals surface area contributed by atoms with Crippen molar-refractivity contribution in [2.45, 2.75) is 32.7 Å². The smallest absolute Gasteiger partial charge is 0.305 e. The van der Waals surface area contributed by atoms with Crippen LogP contribution in [0.1, 0.15) is 22.3 Å². The van der Waals surface area contributed by atoms with Crippen molar-refractivity contribution in [1.82, 2.24) is 10.3 Å². The summed E-state index contributed by atoms with van der Waals surface area (Å²) in [4.78, 5) is 37.4. The van der Waals surface area contributed by atoms with Gasteiger partial charge in [-0.1, -0.05) is 71.4 Å². The number of amides is 1. The second-order valence-electron chi connectivity index (χ2n) is 8.98. The van der Waals surface area contributed by atoms with Crippen molar-refractivity contribution in [3.05, 3.63) is 122 Å². The normalized spacial score (nSPS) is 11.4. The number of nitroso groups, excluding NO2 is 2. The van der Waals surface area contributed by atoms with E-state index in [9.17, 15) is 14.6 Å². The van der Waals surface area contributed by atoms with Gasteiger partial charge in [-0.25, -0.2) is 0 Å². The Labute approximate surface area is 236 Å². The van der Waals surface area contributed by atoms with E-state index in [1.165, 1.54) is 0 Å². The molecule has 1 aromatic heterocycles. The van der Waals surface area contributed by atoms with Crippen molar-refractivity contribution in [1.29, 1.82) is 0 Å². The fourth-order valence-corrected chi connectivity index (χ4v) is 4.38. The van der Waals surface area contributed by atoms with E-state index in [2.05, 4.69) is 20.7 Å². The Morgan fingerprint density at radius 2 is 1.75 bits per heavy atom. The van der Waals surface area contributed by atoms with Crippen molar-refractivity contribution in [3.8, 4) is 22.6 Å². The van der Waals surface area contributed by atoms with Gasteiger partial charge in [-0.3, -0.25) is 15.1 Å². The molecule has 1 amide bonds. The maximum atomic E-state index is 11.8. The van der Waals surface area contributed by atoms with Crippen molar-refractivity contribution < 1.29 is 14.3 Å². The third-order valence-electron chi connectivity index (χ3n) is 6.21. The summed E-state index contributed by atoms with van der Waals surface area (Å²) in [6, 6.07) is 21.9. The van der Waals surface area contributed by atoms with Crippen LogP contribution in [0.25, 0.3) is 11.1 Å². The number of hydrogen-bond acceptors (Lipinski definition) is 8. The van der Waals surface area contributed by atoms with Gasteiger partial charge in [0.25, 0.3) is 0 Å². The molecule has 9 nitrogen and oxygen atoms in total. The van der Waals surface area contributed by atoms with Gasteiger partial charge in [0.1, 0.15) is 37.3 Å². The van der Waals surface area contributed by atoms with Crippen molar-refractivity contribution in [2.24, 2.45) is 10.4 Å². The molecule has 1 unspecified atom stereocenters. The first-order valence-corrected chi connectivity index (χ1v) is 12.9. The quantitative estimate of drug-likeness (QED) is 0.189. The molecule has 0 aliphatic rings. The van der Waals surface area contributed by atoms with E-state index in [0.29, 0.717) is 22.1 Å². The molecule has 1 atom stereocenters. The van der Waals surface area contributed by atoms with Crippen LogP contribution in [0.5, 0.6) is 11.5 Å². The Balaban J connectivity index is 1.57. The van der Waals surface area contributed by atoms with E-state index in [-0.39, 0.29) is 19.8 Å². The van der Waals surface area contributed by atoms with E-state index in [1.807, 2.05) is 73.7 Å². The van der Waals surface area contributed by atoms with E-state index >= 15 is 0 Å². The lowest BCUT2D eigenvalue weighted by molar-refractivity contribution is -0.119. The molecule has 4 rings (SSSR count). The number of carbonyl (C=O) groups is 1. The summed E-state index contributed by atoms with van der Waals surface area (Å²) < 4.78 is 12.3. The summed E-state index contributed by atoms with van der Waals surface area (Å²) in [5.74, 6) is 0.0805. The van der Waals surface area contributed by atoms with Crippen LogP contribution >= 0.6 is 11.6 Å². The minimum absolute atomic E-state index is 0.121. The van der Waals surface area contributed by atoms with Crippen molar-refractivity contribution >= 4 is 17.5 Å². The molecule has 0 radical (unpaired) electrons. The molecule has 0 fully saturated rings. The molecule has 0 saturated carbocycles. The van der Waals surface area contributed by atoms with E-state index in [0.717, 1.165) is 27.8 Å². The number of halogens is 1. The van der Waals surface area contributed by atoms with Gasteiger partial charge in [-0.2, -0.15) is 4.91 Å². The summed E-state index contributed by atoms with van der Waals surface area (Å²) >= 11 is 6.75. The predicted molar refractivity (Wildman–Crippen MR) is 153 cm³/mol. The van der Waals surface area contributed by atoms with Gasteiger partial charge < -0.3 is 9.47 Å². The standard InChI is InChI=1S/C30H27ClN4O5/c1-20-13-24(16-33-26(17-34-37)30(36)35-38)28(39-18-21-7-6-12-32-15-21)14-27(20)40-19-23-10-5-11-25(29(23)31)22-8-3-2-4-9-22/h2-15,26,33H,16-19H2,1H3. The molecule has 1 N–H and O–H groups in total. The van der Waals surface area contributed by atoms with E-state index < -0.39 is 18.5 Å². The Hall–Kier alpha value is -4.47. The van der Waals surface area contributed by atoms with Crippen LogP contribution in [-0.4, -0.2) is 23.5 Å². The topological polar surface area (TPSA) is 119 Å². The maximum Gasteiger partial charge on any atom is 0.305 e. The fourth-order valence-electron chi connectivity index (χ4n) is 4.09. The summed E-state index contributed by atoms with van der Waals surface area (Å²) in [7, 11) is 0. The molecule has 0 bridgehead atoms. The molecule has 0 aliphatic carbocycles. The third-order valence-corrected chi connectivity index (χ3v) is 6.65. The van der Waals surface area contributed by atoms with Crippen LogP contribution in [0.2, 0.25) is 5.02 Å². The van der Waals surface area contributed by atoms with Gasteiger partial charge in [0.05, 0.1) is 5.02 Å². The number of aromatic nitrogens is 1. The Kier molecular flexibility index (Phi) is 10.0. The van der Waals surface area contributed by atoms with Crippen LogP contribution < -0.4 is 14.8 Å². The highest BCUT2D eigenvalue weighted by Crippen LogP contribution is 2.33. The van der Waals surface area contributed by atoms with Crippen LogP contribution in [0, 0.1) is 16.7 Å². The van der Waals surface area contributed by atoms with Gasteiger partial charge in [0.15, 0.2) is 0 Å². The zero-order chi connectivity index (χ0) is 28.3. The maximum absolute atomic E-state index is 11.8. The SMILES string of the molecule is Cc1cc(CNC(CN=O)C(=O)N=O)c(OCc2cccnc2)cc1OCc1cccc(-c2ccccc2)c1Cl. The lowest BCUT2D eigenvalue weighted by atomic mass is 10.0. The number of carbonyl (C=O) groups excluding carboxylic acids is 1. The Morgan fingerprint density at radius 3 is 2.48 bits per heavy atom. The average Bonchev–Trinajstić information content (AvgIpc) is 2.99. The average molecular weight is 559 g/mol. The lowest BCUT2D eigenvalue weighted by Gasteiger charge is -2.18. The summed E-state index contributed by atoms with van der Waals surface area (Å²) in [5.41, 5.74) is 5.12. The van der Waals surface area contributed by atoms with Crippen LogP contribution in [-0.2, 0) is 24.6 Å². The molecular formula is C30H27ClN4O5. The predicted octanol–water partition coefficient (Wildman–Crippen LogP) is 6.39. The van der Waals surface area contributed by atoms with Gasteiger partial charge in [0.2, 0.25) is 0 Å². The number of nitrogens with one attached hydrogen (secondary N) is 1. The van der Waals surface area contributed by atoms with Crippen LogP contribution in [0.4, 0.5) is 0 Å². The van der Waals surface area contributed by atoms with Gasteiger partial charge in [0, 0.05) is 52.4 Å². The largest absolute Gasteiger partial charge is 0.488 e. The zero-order valence-electron chi connectivity index (χ0n) is 21.7. The summed E-state index contributed by atoms with van der Waals surface area (Å²) in [6.45, 7) is 2.05. The first-order chi connectivity index (χ1) is 19.5. The number of hydrogen-bond donors (Lipinski definition) is 1. The number of ether oxygens (including phenoxy) is 2. The highest BCUT2D eigenvalue weighted by Gasteiger charge is 2.20. The highest BCUT2D eigenvalue weighted by atomic mass is 35.5. The minimum Gasteiger partial charge on any atom is -0.488 e. The molecule has 1 heterocycles. The fraction of sp³-hybridized carbons (Fsp3) is 0.200. The number of nitrogens with zero attached hydrogens (tertiary/aromatic N) is 3. The number of benzene rings is 3. The molecule has 0 spiro atoms. The first kappa shape index (κ1) is 28.5. The van der Waals surface area contributed by atoms with Crippen LogP contribution in [0.15, 0.2) is 95.5 Å². The Morgan fingerprint density at radius 1 is 0.950 bits per heavy atom. The molecule has 204 valence electrons. The second kappa shape index (κ2) is 14.1. The summed E-state index contributed by atoms with van der Waals surface area (Å²) in [6.07, 6.45) is 3.37. The highest BCUT2D eigenvalue weighted by molar-refractivity contribution is 6.34. The zero-order valence-corrected chi connectivity index (χ0v) is 22.5. The minimum atomic E-state index is -1.13. The first-order valence-electron chi connectivity index (χ1n) is 12.5. The van der Waals surface area contributed by atoms with Crippen LogP contribution in [0.3, 0.4) is 0 Å². The molecule has 3 aromatic carbocycles. The van der Waals surface area contributed by atoms with Gasteiger partial charge in [-0.15, -0.1) is 4.91 Å². The molecule has 0 aliphatic heterocycles. The second-order valence-corrected chi connectivity index (χ2v) is 9.36. The molecule has 4 aromatic rings. The van der Waals surface area contributed by atoms with Crippen molar-refractivity contribution in [2.75, 3.05) is 6.54 Å². The number of pyridine rings is 1. The molecule has 10 heteroatoms. The molecule has 0 saturated heterocycles. The Bertz CT molecular complexity index is 1470. The monoisotopic (exact) mass is 558 g/mol. The van der Waals surface area contributed by atoms with E-state index in [1.54, 1.807) is 18.5 Å². The van der Waals surface area contributed by atoms with Gasteiger partial charge >= 0.3 is 5.91 Å². The van der Waals surface area contributed by atoms with E-state index in [4.69, 9.17) is 21.1 Å². The number of rotatable bonds is 13. The third kappa shape index (κ3) is 7.34. The molecular weight excluding hydrogens is 532 g/mol. The van der Waals surface area contributed by atoms with Gasteiger partial charge in [-0.05, 0) is 30.2 Å². The number of aryl methyl sites for hydroxylation is 1. The molecule has 40 heavy (non-hydrogen) atoms. The lowest BCUT2D eigenvalue weighted by Crippen LogP contribution is -2.37. The summed E-state index contributed by atoms with van der Waals surface area (Å²) in [5, 5.41) is 8.63.